The maximum absolute atomic E-state index is 12.9. The lowest BCUT2D eigenvalue weighted by Crippen LogP contribution is -2.23. The zero-order chi connectivity index (χ0) is 19.4. The fourth-order valence-electron chi connectivity index (χ4n) is 2.28. The summed E-state index contributed by atoms with van der Waals surface area (Å²) in [6.07, 6.45) is 0. The van der Waals surface area contributed by atoms with Gasteiger partial charge in [0, 0.05) is 11.3 Å². The molecule has 1 heterocycles. The highest BCUT2D eigenvalue weighted by Gasteiger charge is 2.14. The quantitative estimate of drug-likeness (QED) is 0.463. The fraction of sp³-hybridized carbons (Fsp3) is 0.105. The smallest absolute Gasteiger partial charge is 0.277 e. The van der Waals surface area contributed by atoms with Crippen molar-refractivity contribution in [3.05, 3.63) is 81.4 Å². The summed E-state index contributed by atoms with van der Waals surface area (Å²) >= 11 is 1.25. The van der Waals surface area contributed by atoms with E-state index < -0.39 is 11.5 Å². The summed E-state index contributed by atoms with van der Waals surface area (Å²) in [6, 6.07) is 13.0. The number of nitrogens with zero attached hydrogens (tertiary/aromatic N) is 1. The number of hydrogen-bond acceptors (Lipinski definition) is 5. The van der Waals surface area contributed by atoms with Crippen molar-refractivity contribution in [2.24, 2.45) is 0 Å². The van der Waals surface area contributed by atoms with Crippen molar-refractivity contribution < 1.29 is 9.18 Å². The van der Waals surface area contributed by atoms with Crippen LogP contribution in [0.3, 0.4) is 0 Å². The second kappa shape index (κ2) is 8.05. The molecule has 3 aromatic rings. The monoisotopic (exact) mass is 384 g/mol. The minimum Gasteiger partial charge on any atom is -0.382 e. The van der Waals surface area contributed by atoms with E-state index in [-0.39, 0.29) is 17.3 Å². The lowest BCUT2D eigenvalue weighted by atomic mass is 10.1. The highest BCUT2D eigenvalue weighted by Crippen LogP contribution is 2.21. The van der Waals surface area contributed by atoms with Gasteiger partial charge in [0.15, 0.2) is 11.0 Å². The van der Waals surface area contributed by atoms with Gasteiger partial charge < -0.3 is 11.1 Å². The summed E-state index contributed by atoms with van der Waals surface area (Å²) in [5.74, 6) is -0.340. The van der Waals surface area contributed by atoms with Crippen LogP contribution in [0.1, 0.15) is 21.5 Å². The van der Waals surface area contributed by atoms with Crippen LogP contribution in [0, 0.1) is 12.7 Å². The summed E-state index contributed by atoms with van der Waals surface area (Å²) in [5, 5.41) is 2.82. The van der Waals surface area contributed by atoms with Crippen molar-refractivity contribution in [2.45, 2.75) is 17.8 Å². The first-order valence-electron chi connectivity index (χ1n) is 8.07. The van der Waals surface area contributed by atoms with Crippen molar-refractivity contribution >= 4 is 29.2 Å². The molecule has 2 aromatic carbocycles. The standard InChI is InChI=1S/C19H17FN4O2S/c1-11-2-6-13(7-3-11)17(25)22-15-16(21)23-19(24-18(15)26)27-10-12-4-8-14(20)9-5-12/h2-9H,10H2,1H3,(H,22,25)(H3,21,23,24,26). The van der Waals surface area contributed by atoms with Crippen molar-refractivity contribution in [2.75, 3.05) is 11.1 Å². The molecule has 8 heteroatoms. The zero-order valence-corrected chi connectivity index (χ0v) is 15.3. The summed E-state index contributed by atoms with van der Waals surface area (Å²) in [5.41, 5.74) is 7.53. The van der Waals surface area contributed by atoms with Gasteiger partial charge in [-0.1, -0.05) is 41.6 Å². The molecule has 6 nitrogen and oxygen atoms in total. The van der Waals surface area contributed by atoms with Gasteiger partial charge in [-0.25, -0.2) is 9.37 Å². The molecule has 0 saturated heterocycles. The number of nitrogen functional groups attached to an aromatic ring is 1. The molecule has 0 aliphatic rings. The average Bonchev–Trinajstić information content (AvgIpc) is 2.64. The molecule has 0 aliphatic carbocycles. The first kappa shape index (κ1) is 18.7. The van der Waals surface area contributed by atoms with Gasteiger partial charge in [0.05, 0.1) is 0 Å². The number of nitrogens with one attached hydrogen (secondary N) is 2. The second-order valence-electron chi connectivity index (χ2n) is 5.87. The number of anilines is 2. The van der Waals surface area contributed by atoms with Gasteiger partial charge in [-0.15, -0.1) is 0 Å². The van der Waals surface area contributed by atoms with E-state index in [0.717, 1.165) is 11.1 Å². The molecule has 138 valence electrons. The summed E-state index contributed by atoms with van der Waals surface area (Å²) in [7, 11) is 0. The van der Waals surface area contributed by atoms with E-state index in [0.29, 0.717) is 16.5 Å². The van der Waals surface area contributed by atoms with Crippen LogP contribution in [0.2, 0.25) is 0 Å². The third kappa shape index (κ3) is 4.73. The summed E-state index contributed by atoms with van der Waals surface area (Å²) in [4.78, 5) is 31.3. The number of carbonyl (C=O) groups is 1. The number of aromatic nitrogens is 2. The Balaban J connectivity index is 1.72. The number of aromatic amines is 1. The number of rotatable bonds is 5. The van der Waals surface area contributed by atoms with Gasteiger partial charge in [0.25, 0.3) is 11.5 Å². The lowest BCUT2D eigenvalue weighted by molar-refractivity contribution is 0.102. The Kier molecular flexibility index (Phi) is 5.56. The predicted molar refractivity (Wildman–Crippen MR) is 104 cm³/mol. The van der Waals surface area contributed by atoms with Crippen molar-refractivity contribution in [3.63, 3.8) is 0 Å². The Hall–Kier alpha value is -3.13. The highest BCUT2D eigenvalue weighted by molar-refractivity contribution is 7.98. The maximum atomic E-state index is 12.9. The molecule has 0 unspecified atom stereocenters. The van der Waals surface area contributed by atoms with Crippen LogP contribution in [-0.2, 0) is 5.75 Å². The molecule has 0 aliphatic heterocycles. The molecule has 0 saturated carbocycles. The van der Waals surface area contributed by atoms with Crippen molar-refractivity contribution in [1.29, 1.82) is 0 Å². The van der Waals surface area contributed by atoms with Crippen LogP contribution in [0.15, 0.2) is 58.5 Å². The molecule has 3 rings (SSSR count). The molecule has 0 atom stereocenters. The van der Waals surface area contributed by atoms with Crippen molar-refractivity contribution in [1.82, 2.24) is 9.97 Å². The number of hydrogen-bond donors (Lipinski definition) is 3. The SMILES string of the molecule is Cc1ccc(C(=O)Nc2c(N)nc(SCc3ccc(F)cc3)[nH]c2=O)cc1. The van der Waals surface area contributed by atoms with Gasteiger partial charge in [-0.2, -0.15) is 0 Å². The average molecular weight is 384 g/mol. The number of thioether (sulfide) groups is 1. The van der Waals surface area contributed by atoms with Gasteiger partial charge in [0.2, 0.25) is 0 Å². The fourth-order valence-corrected chi connectivity index (χ4v) is 3.10. The van der Waals surface area contributed by atoms with Crippen LogP contribution in [0.25, 0.3) is 0 Å². The Bertz CT molecular complexity index is 1020. The largest absolute Gasteiger partial charge is 0.382 e. The number of benzene rings is 2. The minimum absolute atomic E-state index is 0.0687. The molecule has 0 bridgehead atoms. The molecule has 0 radical (unpaired) electrons. The number of carbonyl (C=O) groups excluding carboxylic acids is 1. The molecule has 27 heavy (non-hydrogen) atoms. The van der Waals surface area contributed by atoms with E-state index in [1.807, 2.05) is 6.92 Å². The summed E-state index contributed by atoms with van der Waals surface area (Å²) < 4.78 is 12.9. The topological polar surface area (TPSA) is 101 Å². The van der Waals surface area contributed by atoms with Crippen LogP contribution < -0.4 is 16.6 Å². The van der Waals surface area contributed by atoms with Gasteiger partial charge in [-0.3, -0.25) is 14.6 Å². The molecule has 1 aromatic heterocycles. The van der Waals surface area contributed by atoms with E-state index in [4.69, 9.17) is 5.73 Å². The molecule has 1 amide bonds. The third-order valence-electron chi connectivity index (χ3n) is 3.77. The number of aryl methyl sites for hydroxylation is 1. The Morgan fingerprint density at radius 1 is 1.19 bits per heavy atom. The molecule has 4 N–H and O–H groups in total. The van der Waals surface area contributed by atoms with E-state index in [9.17, 15) is 14.0 Å². The van der Waals surface area contributed by atoms with Crippen LogP contribution in [-0.4, -0.2) is 15.9 Å². The Labute approximate surface area is 159 Å². The van der Waals surface area contributed by atoms with Gasteiger partial charge in [0.1, 0.15) is 11.5 Å². The summed E-state index contributed by atoms with van der Waals surface area (Å²) in [6.45, 7) is 1.91. The maximum Gasteiger partial charge on any atom is 0.277 e. The number of nitrogens with two attached hydrogens (primary N) is 1. The van der Waals surface area contributed by atoms with E-state index >= 15 is 0 Å². The van der Waals surface area contributed by atoms with Crippen LogP contribution in [0.4, 0.5) is 15.9 Å². The van der Waals surface area contributed by atoms with E-state index in [1.54, 1.807) is 36.4 Å². The molecular formula is C19H17FN4O2S. The van der Waals surface area contributed by atoms with Crippen molar-refractivity contribution in [3.8, 4) is 0 Å². The van der Waals surface area contributed by atoms with E-state index in [2.05, 4.69) is 15.3 Å². The van der Waals surface area contributed by atoms with Crippen LogP contribution >= 0.6 is 11.8 Å². The highest BCUT2D eigenvalue weighted by atomic mass is 32.2. The third-order valence-corrected chi connectivity index (χ3v) is 4.71. The number of halogens is 1. The van der Waals surface area contributed by atoms with Gasteiger partial charge in [-0.05, 0) is 36.8 Å². The Morgan fingerprint density at radius 3 is 2.48 bits per heavy atom. The minimum atomic E-state index is -0.537. The number of H-pyrrole nitrogens is 1. The Morgan fingerprint density at radius 2 is 1.85 bits per heavy atom. The number of amides is 1. The van der Waals surface area contributed by atoms with E-state index in [1.165, 1.54) is 23.9 Å². The first-order chi connectivity index (χ1) is 12.9. The van der Waals surface area contributed by atoms with Crippen LogP contribution in [0.5, 0.6) is 0 Å². The lowest BCUT2D eigenvalue weighted by Gasteiger charge is -2.09. The molecule has 0 spiro atoms. The normalized spacial score (nSPS) is 10.6. The van der Waals surface area contributed by atoms with Gasteiger partial charge >= 0.3 is 0 Å². The first-order valence-corrected chi connectivity index (χ1v) is 9.06. The zero-order valence-electron chi connectivity index (χ0n) is 14.5. The predicted octanol–water partition coefficient (Wildman–Crippen LogP) is 3.34. The molecular weight excluding hydrogens is 367 g/mol. The second-order valence-corrected chi connectivity index (χ2v) is 6.83. The molecule has 0 fully saturated rings.